The van der Waals surface area contributed by atoms with Crippen LogP contribution >= 0.6 is 0 Å². The van der Waals surface area contributed by atoms with Crippen molar-refractivity contribution in [2.24, 2.45) is 0 Å². The van der Waals surface area contributed by atoms with E-state index < -0.39 is 6.23 Å². The van der Waals surface area contributed by atoms with Crippen LogP contribution in [0.5, 0.6) is 0 Å². The summed E-state index contributed by atoms with van der Waals surface area (Å²) in [6.07, 6.45) is 0.781. The second kappa shape index (κ2) is 3.95. The van der Waals surface area contributed by atoms with Gasteiger partial charge in [-0.2, -0.15) is 0 Å². The van der Waals surface area contributed by atoms with Gasteiger partial charge in [0.05, 0.1) is 11.3 Å². The zero-order valence-corrected chi connectivity index (χ0v) is 10.6. The average molecular weight is 264 g/mol. The molecule has 4 nitrogen and oxygen atoms in total. The number of carbonyl (C=O) groups excluding carboxylic acids is 1. The fourth-order valence-electron chi connectivity index (χ4n) is 2.69. The molecule has 98 valence electrons. The van der Waals surface area contributed by atoms with Crippen molar-refractivity contribution in [1.29, 1.82) is 0 Å². The van der Waals surface area contributed by atoms with Gasteiger partial charge in [0, 0.05) is 11.9 Å². The van der Waals surface area contributed by atoms with Gasteiger partial charge in [-0.25, -0.2) is 0 Å². The molecule has 0 amide bonds. The summed E-state index contributed by atoms with van der Waals surface area (Å²) in [7, 11) is 0. The molecular formula is C16H12N2O2. The fourth-order valence-corrected chi connectivity index (χ4v) is 2.69. The number of hydrogen-bond donors (Lipinski definition) is 2. The molecule has 20 heavy (non-hydrogen) atoms. The van der Waals surface area contributed by atoms with Gasteiger partial charge in [0.1, 0.15) is 0 Å². The SMILES string of the molecule is O=C1c2cc3ccccc3cc2N[C@H](O)c2cccn21. The first-order valence-corrected chi connectivity index (χ1v) is 6.43. The van der Waals surface area contributed by atoms with Gasteiger partial charge in [-0.15, -0.1) is 0 Å². The number of aliphatic hydroxyl groups is 1. The van der Waals surface area contributed by atoms with Crippen LogP contribution in [0.2, 0.25) is 0 Å². The summed E-state index contributed by atoms with van der Waals surface area (Å²) in [5, 5.41) is 15.2. The Bertz CT molecular complexity index is 835. The molecule has 3 aromatic rings. The molecule has 4 rings (SSSR count). The van der Waals surface area contributed by atoms with Crippen molar-refractivity contribution in [3.05, 3.63) is 66.0 Å². The minimum absolute atomic E-state index is 0.130. The van der Waals surface area contributed by atoms with Crippen molar-refractivity contribution in [2.75, 3.05) is 5.32 Å². The van der Waals surface area contributed by atoms with Gasteiger partial charge >= 0.3 is 0 Å². The van der Waals surface area contributed by atoms with E-state index in [9.17, 15) is 9.90 Å². The number of fused-ring (bicyclic) bond motifs is 3. The second-order valence-corrected chi connectivity index (χ2v) is 4.90. The van der Waals surface area contributed by atoms with Crippen LogP contribution in [0.15, 0.2) is 54.7 Å². The maximum absolute atomic E-state index is 12.6. The molecule has 0 unspecified atom stereocenters. The number of nitrogens with zero attached hydrogens (tertiary/aromatic N) is 1. The molecule has 2 N–H and O–H groups in total. The van der Waals surface area contributed by atoms with Crippen LogP contribution in [-0.2, 0) is 0 Å². The fraction of sp³-hybridized carbons (Fsp3) is 0.0625. The van der Waals surface area contributed by atoms with Crippen molar-refractivity contribution >= 4 is 22.4 Å². The highest BCUT2D eigenvalue weighted by Crippen LogP contribution is 2.31. The number of anilines is 1. The standard InChI is InChI=1S/C16H12N2O2/c19-15-14-6-3-7-18(14)16(20)12-8-10-4-1-2-5-11(10)9-13(12)17-15/h1-9,15,17,19H/t15-/m1/s1. The Morgan fingerprint density at radius 1 is 1.05 bits per heavy atom. The Morgan fingerprint density at radius 3 is 2.60 bits per heavy atom. The number of aromatic nitrogens is 1. The number of rotatable bonds is 0. The predicted octanol–water partition coefficient (Wildman–Crippen LogP) is 2.75. The monoisotopic (exact) mass is 264 g/mol. The number of nitrogens with one attached hydrogen (secondary N) is 1. The van der Waals surface area contributed by atoms with E-state index in [0.717, 1.165) is 10.8 Å². The molecule has 0 saturated carbocycles. The lowest BCUT2D eigenvalue weighted by Crippen LogP contribution is -2.14. The lowest BCUT2D eigenvalue weighted by atomic mass is 10.0. The lowest BCUT2D eigenvalue weighted by molar-refractivity contribution is 0.0950. The summed E-state index contributed by atoms with van der Waals surface area (Å²) in [4.78, 5) is 12.6. The maximum Gasteiger partial charge on any atom is 0.264 e. The minimum Gasteiger partial charge on any atom is -0.368 e. The molecule has 1 aliphatic heterocycles. The molecule has 1 aliphatic rings. The summed E-state index contributed by atoms with van der Waals surface area (Å²) in [6, 6.07) is 15.1. The molecule has 2 aromatic carbocycles. The normalized spacial score (nSPS) is 17.2. The first-order chi connectivity index (χ1) is 9.74. The molecule has 0 saturated heterocycles. The van der Waals surface area contributed by atoms with Gasteiger partial charge < -0.3 is 10.4 Å². The summed E-state index contributed by atoms with van der Waals surface area (Å²) < 4.78 is 1.48. The smallest absolute Gasteiger partial charge is 0.264 e. The van der Waals surface area contributed by atoms with E-state index >= 15 is 0 Å². The molecule has 4 heteroatoms. The highest BCUT2D eigenvalue weighted by atomic mass is 16.3. The quantitative estimate of drug-likeness (QED) is 0.656. The number of aliphatic hydroxyl groups excluding tert-OH is 1. The van der Waals surface area contributed by atoms with E-state index in [1.807, 2.05) is 36.4 Å². The van der Waals surface area contributed by atoms with E-state index in [4.69, 9.17) is 0 Å². The van der Waals surface area contributed by atoms with Gasteiger partial charge in [-0.3, -0.25) is 9.36 Å². The largest absolute Gasteiger partial charge is 0.368 e. The van der Waals surface area contributed by atoms with Gasteiger partial charge in [0.25, 0.3) is 5.91 Å². The van der Waals surface area contributed by atoms with Gasteiger partial charge in [0.15, 0.2) is 6.23 Å². The molecular weight excluding hydrogens is 252 g/mol. The number of carbonyl (C=O) groups is 1. The van der Waals surface area contributed by atoms with Crippen molar-refractivity contribution in [1.82, 2.24) is 4.57 Å². The molecule has 1 aromatic heterocycles. The van der Waals surface area contributed by atoms with Crippen molar-refractivity contribution in [3.63, 3.8) is 0 Å². The van der Waals surface area contributed by atoms with Crippen molar-refractivity contribution in [2.45, 2.75) is 6.23 Å². The van der Waals surface area contributed by atoms with E-state index in [1.54, 1.807) is 18.3 Å². The summed E-state index contributed by atoms with van der Waals surface area (Å²) >= 11 is 0. The number of hydrogen-bond acceptors (Lipinski definition) is 3. The van der Waals surface area contributed by atoms with Crippen LogP contribution in [0.4, 0.5) is 5.69 Å². The summed E-state index contributed by atoms with van der Waals surface area (Å²) in [5.74, 6) is -0.130. The van der Waals surface area contributed by atoms with Gasteiger partial charge in [-0.1, -0.05) is 24.3 Å². The Labute approximate surface area is 115 Å². The molecule has 1 atom stereocenters. The zero-order valence-electron chi connectivity index (χ0n) is 10.6. The van der Waals surface area contributed by atoms with E-state index in [1.165, 1.54) is 4.57 Å². The van der Waals surface area contributed by atoms with Gasteiger partial charge in [-0.05, 0) is 35.0 Å². The third kappa shape index (κ3) is 1.49. The Kier molecular flexibility index (Phi) is 2.22. The molecule has 0 spiro atoms. The van der Waals surface area contributed by atoms with E-state index in [0.29, 0.717) is 16.9 Å². The summed E-state index contributed by atoms with van der Waals surface area (Å²) in [5.41, 5.74) is 1.78. The highest BCUT2D eigenvalue weighted by molar-refractivity contribution is 6.06. The summed E-state index contributed by atoms with van der Waals surface area (Å²) in [6.45, 7) is 0. The molecule has 0 fully saturated rings. The van der Waals surface area contributed by atoms with Crippen LogP contribution < -0.4 is 5.32 Å². The maximum atomic E-state index is 12.6. The van der Waals surface area contributed by atoms with E-state index in [2.05, 4.69) is 5.32 Å². The van der Waals surface area contributed by atoms with Crippen LogP contribution in [0.1, 0.15) is 22.3 Å². The molecule has 0 radical (unpaired) electrons. The molecule has 2 heterocycles. The van der Waals surface area contributed by atoms with Crippen LogP contribution in [-0.4, -0.2) is 15.6 Å². The topological polar surface area (TPSA) is 54.3 Å². The third-order valence-electron chi connectivity index (χ3n) is 3.69. The molecule has 0 bridgehead atoms. The van der Waals surface area contributed by atoms with Crippen molar-refractivity contribution in [3.8, 4) is 0 Å². The predicted molar refractivity (Wildman–Crippen MR) is 76.7 cm³/mol. The minimum atomic E-state index is -0.892. The van der Waals surface area contributed by atoms with Crippen LogP contribution in [0.3, 0.4) is 0 Å². The van der Waals surface area contributed by atoms with Crippen LogP contribution in [0, 0.1) is 0 Å². The van der Waals surface area contributed by atoms with Crippen molar-refractivity contribution < 1.29 is 9.90 Å². The molecule has 0 aliphatic carbocycles. The lowest BCUT2D eigenvalue weighted by Gasteiger charge is -2.12. The second-order valence-electron chi connectivity index (χ2n) is 4.90. The first kappa shape index (κ1) is 11.3. The Hall–Kier alpha value is -2.59. The first-order valence-electron chi connectivity index (χ1n) is 6.43. The highest BCUT2D eigenvalue weighted by Gasteiger charge is 2.25. The Balaban J connectivity index is 2.02. The van der Waals surface area contributed by atoms with Crippen LogP contribution in [0.25, 0.3) is 10.8 Å². The average Bonchev–Trinajstić information content (AvgIpc) is 2.92. The third-order valence-corrected chi connectivity index (χ3v) is 3.69. The zero-order chi connectivity index (χ0) is 13.7. The van der Waals surface area contributed by atoms with Gasteiger partial charge in [0.2, 0.25) is 0 Å². The Morgan fingerprint density at radius 2 is 1.80 bits per heavy atom. The van der Waals surface area contributed by atoms with E-state index in [-0.39, 0.29) is 5.91 Å². The number of benzene rings is 2.